The molecule has 1 aromatic heterocycles. The van der Waals surface area contributed by atoms with Crippen LogP contribution in [0, 0.1) is 0 Å². The summed E-state index contributed by atoms with van der Waals surface area (Å²) in [4.78, 5) is 54.4. The molecule has 1 aliphatic heterocycles. The lowest BCUT2D eigenvalue weighted by Gasteiger charge is -2.29. The predicted octanol–water partition coefficient (Wildman–Crippen LogP) is 0.688. The first-order chi connectivity index (χ1) is 15.1. The number of carbonyl (C=O) groups is 3. The molecule has 180 valence electrons. The van der Waals surface area contributed by atoms with Gasteiger partial charge in [-0.2, -0.15) is 4.98 Å². The molecule has 13 heteroatoms. The first kappa shape index (κ1) is 27.4. The van der Waals surface area contributed by atoms with Crippen LogP contribution in [0.2, 0.25) is 0 Å². The van der Waals surface area contributed by atoms with Crippen LogP contribution in [0.15, 0.2) is 9.69 Å². The summed E-state index contributed by atoms with van der Waals surface area (Å²) in [6.07, 6.45) is -0.749. The van der Waals surface area contributed by atoms with Crippen molar-refractivity contribution in [3.8, 4) is 0 Å². The van der Waals surface area contributed by atoms with E-state index in [2.05, 4.69) is 23.8 Å². The van der Waals surface area contributed by atoms with Crippen molar-refractivity contribution < 1.29 is 33.3 Å². The van der Waals surface area contributed by atoms with Gasteiger partial charge in [-0.3, -0.25) is 29.1 Å². The van der Waals surface area contributed by atoms with E-state index >= 15 is 0 Å². The van der Waals surface area contributed by atoms with Gasteiger partial charge in [0.2, 0.25) is 12.4 Å². The van der Waals surface area contributed by atoms with Crippen LogP contribution in [0.25, 0.3) is 0 Å². The quantitative estimate of drug-likeness (QED) is 0.309. The third kappa shape index (κ3) is 6.93. The summed E-state index contributed by atoms with van der Waals surface area (Å²) in [5, 5.41) is 0. The van der Waals surface area contributed by atoms with Gasteiger partial charge in [0.25, 0.3) is 5.56 Å². The van der Waals surface area contributed by atoms with Gasteiger partial charge >= 0.3 is 11.9 Å². The van der Waals surface area contributed by atoms with Crippen LogP contribution in [0.5, 0.6) is 0 Å². The number of rotatable bonds is 8. The van der Waals surface area contributed by atoms with E-state index < -0.39 is 42.0 Å². The van der Waals surface area contributed by atoms with Crippen molar-refractivity contribution in [1.29, 1.82) is 0 Å². The number of thioether (sulfide) groups is 1. The number of aromatic nitrogens is 2. The number of nitrogens with zero attached hydrogens (tertiary/aromatic N) is 2. The highest BCUT2D eigenvalue weighted by molar-refractivity contribution is 7.98. The van der Waals surface area contributed by atoms with Gasteiger partial charge in [-0.25, -0.2) is 0 Å². The summed E-state index contributed by atoms with van der Waals surface area (Å²) in [5.74, 6) is -1.47. The molecule has 4 atom stereocenters. The number of esters is 2. The molecule has 2 heterocycles. The first-order valence-corrected chi connectivity index (χ1v) is 11.0. The first-order valence-electron chi connectivity index (χ1n) is 9.81. The Hall–Kier alpha value is -2.64. The number of nitrogens with two attached hydrogens (primary N) is 1. The Bertz CT molecular complexity index is 849. The van der Waals surface area contributed by atoms with E-state index in [9.17, 15) is 19.2 Å². The Kier molecular flexibility index (Phi) is 11.2. The molecule has 1 aromatic rings. The summed E-state index contributed by atoms with van der Waals surface area (Å²) >= 11 is 1.04. The largest absolute Gasteiger partial charge is 0.463 e. The van der Waals surface area contributed by atoms with Gasteiger partial charge in [0.1, 0.15) is 23.7 Å². The van der Waals surface area contributed by atoms with Crippen molar-refractivity contribution in [2.24, 2.45) is 0 Å². The monoisotopic (exact) mass is 474 g/mol. The van der Waals surface area contributed by atoms with E-state index in [1.807, 2.05) is 0 Å². The highest BCUT2D eigenvalue weighted by Gasteiger charge is 2.51. The van der Waals surface area contributed by atoms with Gasteiger partial charge in [0, 0.05) is 21.0 Å². The Balaban J connectivity index is 0.00000161. The van der Waals surface area contributed by atoms with Gasteiger partial charge in [-0.15, -0.1) is 11.8 Å². The molecule has 0 spiro atoms. The normalized spacial score (nSPS) is 21.8. The fourth-order valence-electron chi connectivity index (χ4n) is 2.92. The average molecular weight is 475 g/mol. The molecular formula is C19H30N4O8S. The van der Waals surface area contributed by atoms with Crippen LogP contribution in [0.1, 0.15) is 34.1 Å². The van der Waals surface area contributed by atoms with Crippen molar-refractivity contribution in [2.45, 2.75) is 63.6 Å². The third-order valence-electron chi connectivity index (χ3n) is 4.02. The smallest absolute Gasteiger partial charge is 0.303 e. The van der Waals surface area contributed by atoms with Gasteiger partial charge in [0.15, 0.2) is 18.1 Å². The summed E-state index contributed by atoms with van der Waals surface area (Å²) in [7, 11) is 1.36. The molecule has 2 rings (SSSR count). The van der Waals surface area contributed by atoms with Crippen LogP contribution in [-0.4, -0.2) is 72.8 Å². The fraction of sp³-hybridized carbons (Fsp3) is 0.632. The second kappa shape index (κ2) is 13.0. The molecule has 0 bridgehead atoms. The predicted molar refractivity (Wildman–Crippen MR) is 117 cm³/mol. The molecule has 0 aromatic carbocycles. The van der Waals surface area contributed by atoms with Crippen molar-refractivity contribution >= 4 is 41.9 Å². The number of hydrogen-bond donors (Lipinski definition) is 2. The number of nitrogen functional groups attached to an aromatic ring is 1. The van der Waals surface area contributed by atoms with Crippen LogP contribution in [0.3, 0.4) is 0 Å². The average Bonchev–Trinajstić information content (AvgIpc) is 3.04. The molecule has 1 amide bonds. The zero-order valence-electron chi connectivity index (χ0n) is 18.9. The molecule has 1 aliphatic rings. The Morgan fingerprint density at radius 2 is 1.91 bits per heavy atom. The highest BCUT2D eigenvalue weighted by Crippen LogP contribution is 2.33. The fourth-order valence-corrected chi connectivity index (χ4v) is 3.49. The molecule has 0 aliphatic carbocycles. The standard InChI is InChI=1S/C16H22N4O8S.C3H8/c1-7(22)26-5-9-10(25-3)11(27-8(2)23)15(28-9)20(6-21)13-12(29-4)14(24)19-16(17)18-13;1-3-2/h6,9-11,15H,5H2,1-4H3,(H3,17,18,19,24);3H2,1-2H3/t9?,10?,11-,15?;/m1./s1. The van der Waals surface area contributed by atoms with Gasteiger partial charge in [-0.1, -0.05) is 20.3 Å². The second-order valence-electron chi connectivity index (χ2n) is 6.67. The number of anilines is 2. The lowest BCUT2D eigenvalue weighted by Crippen LogP contribution is -2.47. The van der Waals surface area contributed by atoms with E-state index in [-0.39, 0.29) is 23.3 Å². The summed E-state index contributed by atoms with van der Waals surface area (Å²) in [6.45, 7) is 6.46. The molecule has 0 saturated carbocycles. The van der Waals surface area contributed by atoms with Crippen LogP contribution >= 0.6 is 11.8 Å². The topological polar surface area (TPSA) is 163 Å². The maximum atomic E-state index is 12.2. The number of aromatic amines is 1. The maximum Gasteiger partial charge on any atom is 0.303 e. The van der Waals surface area contributed by atoms with Crippen LogP contribution < -0.4 is 16.2 Å². The van der Waals surface area contributed by atoms with Crippen molar-refractivity contribution in [3.63, 3.8) is 0 Å². The van der Waals surface area contributed by atoms with Crippen molar-refractivity contribution in [3.05, 3.63) is 10.4 Å². The van der Waals surface area contributed by atoms with Crippen LogP contribution in [0.4, 0.5) is 11.8 Å². The van der Waals surface area contributed by atoms with E-state index in [0.29, 0.717) is 6.41 Å². The van der Waals surface area contributed by atoms with Crippen LogP contribution in [-0.2, 0) is 33.3 Å². The van der Waals surface area contributed by atoms with Gasteiger partial charge in [-0.05, 0) is 6.26 Å². The summed E-state index contributed by atoms with van der Waals surface area (Å²) in [5.41, 5.74) is 5.08. The summed E-state index contributed by atoms with van der Waals surface area (Å²) in [6, 6.07) is 0. The van der Waals surface area contributed by atoms with Crippen molar-refractivity contribution in [1.82, 2.24) is 9.97 Å². The van der Waals surface area contributed by atoms with E-state index in [0.717, 1.165) is 16.7 Å². The minimum atomic E-state index is -1.21. The minimum absolute atomic E-state index is 0.0705. The molecule has 1 fully saturated rings. The summed E-state index contributed by atoms with van der Waals surface area (Å²) < 4.78 is 21.5. The highest BCUT2D eigenvalue weighted by atomic mass is 32.2. The Labute approximate surface area is 190 Å². The molecule has 12 nitrogen and oxygen atoms in total. The number of methoxy groups -OCH3 is 1. The lowest BCUT2D eigenvalue weighted by atomic mass is 10.1. The Morgan fingerprint density at radius 1 is 1.28 bits per heavy atom. The molecule has 1 saturated heterocycles. The second-order valence-corrected chi connectivity index (χ2v) is 7.49. The molecule has 3 N–H and O–H groups in total. The SMILES string of the molecule is CCC.COC1C(COC(C)=O)OC(N(C=O)c2nc(N)[nH]c(=O)c2SC)[C@@H]1OC(C)=O. The third-order valence-corrected chi connectivity index (χ3v) is 4.80. The zero-order chi connectivity index (χ0) is 24.4. The van der Waals surface area contributed by atoms with Gasteiger partial charge < -0.3 is 24.7 Å². The number of nitrogens with one attached hydrogen (secondary N) is 1. The van der Waals surface area contributed by atoms with Gasteiger partial charge in [0.05, 0.1) is 0 Å². The molecule has 3 unspecified atom stereocenters. The lowest BCUT2D eigenvalue weighted by molar-refractivity contribution is -0.154. The number of hydrogen-bond acceptors (Lipinski definition) is 11. The minimum Gasteiger partial charge on any atom is -0.463 e. The number of amides is 1. The van der Waals surface area contributed by atoms with Crippen molar-refractivity contribution in [2.75, 3.05) is 30.6 Å². The van der Waals surface area contributed by atoms with E-state index in [1.165, 1.54) is 27.4 Å². The van der Waals surface area contributed by atoms with E-state index in [4.69, 9.17) is 24.7 Å². The molecular weight excluding hydrogens is 444 g/mol. The zero-order valence-corrected chi connectivity index (χ0v) is 19.8. The Morgan fingerprint density at radius 3 is 2.38 bits per heavy atom. The number of H-pyrrole nitrogens is 1. The number of carbonyl (C=O) groups excluding carboxylic acids is 3. The number of ether oxygens (including phenoxy) is 4. The van der Waals surface area contributed by atoms with E-state index in [1.54, 1.807) is 6.26 Å². The maximum absolute atomic E-state index is 12.2. The molecule has 0 radical (unpaired) electrons. The molecule has 32 heavy (non-hydrogen) atoms.